The molecular formula is C13H16Cl2N2O3. The number of benzene rings is 1. The zero-order chi connectivity index (χ0) is 14.5. The van der Waals surface area contributed by atoms with Crippen molar-refractivity contribution in [3.8, 4) is 5.75 Å². The monoisotopic (exact) mass is 318 g/mol. The van der Waals surface area contributed by atoms with Crippen LogP contribution in [0.15, 0.2) is 18.2 Å². The molecule has 0 aliphatic carbocycles. The normalized spacial score (nSPS) is 19.8. The van der Waals surface area contributed by atoms with Crippen LogP contribution in [0.25, 0.3) is 0 Å². The van der Waals surface area contributed by atoms with Crippen molar-refractivity contribution in [2.75, 3.05) is 32.8 Å². The van der Waals surface area contributed by atoms with Crippen LogP contribution in [0.2, 0.25) is 10.0 Å². The van der Waals surface area contributed by atoms with Crippen LogP contribution in [0.4, 0.5) is 0 Å². The average Bonchev–Trinajstić information content (AvgIpc) is 2.38. The van der Waals surface area contributed by atoms with E-state index in [-0.39, 0.29) is 0 Å². The molecule has 1 aliphatic heterocycles. The number of rotatable bonds is 5. The molecule has 2 rings (SSSR count). The number of amides is 1. The van der Waals surface area contributed by atoms with Crippen LogP contribution in [-0.2, 0) is 9.53 Å². The molecule has 5 nitrogen and oxygen atoms in total. The highest BCUT2D eigenvalue weighted by Gasteiger charge is 2.24. The maximum absolute atomic E-state index is 11.1. The highest BCUT2D eigenvalue weighted by atomic mass is 35.5. The van der Waals surface area contributed by atoms with E-state index in [0.29, 0.717) is 42.1 Å². The van der Waals surface area contributed by atoms with Gasteiger partial charge in [-0.05, 0) is 18.2 Å². The Bertz CT molecular complexity index is 464. The lowest BCUT2D eigenvalue weighted by Crippen LogP contribution is -2.49. The summed E-state index contributed by atoms with van der Waals surface area (Å²) in [4.78, 5) is 13.2. The Morgan fingerprint density at radius 1 is 1.40 bits per heavy atom. The summed E-state index contributed by atoms with van der Waals surface area (Å²) in [6, 6.07) is 5.06. The van der Waals surface area contributed by atoms with E-state index in [4.69, 9.17) is 38.4 Å². The first kappa shape index (κ1) is 15.4. The predicted octanol–water partition coefficient (Wildman–Crippen LogP) is 1.56. The molecule has 1 atom stereocenters. The fourth-order valence-electron chi connectivity index (χ4n) is 1.98. The average molecular weight is 319 g/mol. The Hall–Kier alpha value is -1.01. The summed E-state index contributed by atoms with van der Waals surface area (Å²) < 4.78 is 10.9. The zero-order valence-corrected chi connectivity index (χ0v) is 12.4. The summed E-state index contributed by atoms with van der Waals surface area (Å²) in [5, 5.41) is 1.07. The van der Waals surface area contributed by atoms with Gasteiger partial charge in [0.2, 0.25) is 5.91 Å². The maximum atomic E-state index is 11.1. The molecule has 0 spiro atoms. The molecule has 1 amide bonds. The van der Waals surface area contributed by atoms with Gasteiger partial charge < -0.3 is 15.2 Å². The third-order valence-electron chi connectivity index (χ3n) is 2.98. The van der Waals surface area contributed by atoms with Crippen LogP contribution < -0.4 is 10.5 Å². The second kappa shape index (κ2) is 7.13. The molecule has 1 fully saturated rings. The minimum Gasteiger partial charge on any atom is -0.492 e. The number of nitrogens with two attached hydrogens (primary N) is 1. The summed E-state index contributed by atoms with van der Waals surface area (Å²) in [6.07, 6.45) is -0.538. The van der Waals surface area contributed by atoms with Gasteiger partial charge in [0.15, 0.2) is 0 Å². The first-order valence-electron chi connectivity index (χ1n) is 6.27. The summed E-state index contributed by atoms with van der Waals surface area (Å²) in [7, 11) is 0. The van der Waals surface area contributed by atoms with Crippen molar-refractivity contribution in [1.82, 2.24) is 4.90 Å². The van der Waals surface area contributed by atoms with E-state index in [1.165, 1.54) is 0 Å². The third-order valence-corrected chi connectivity index (χ3v) is 3.42. The predicted molar refractivity (Wildman–Crippen MR) is 77.3 cm³/mol. The van der Waals surface area contributed by atoms with Gasteiger partial charge in [-0.1, -0.05) is 23.2 Å². The van der Waals surface area contributed by atoms with Crippen LogP contribution in [0.5, 0.6) is 5.75 Å². The van der Waals surface area contributed by atoms with E-state index in [9.17, 15) is 4.79 Å². The molecular weight excluding hydrogens is 303 g/mol. The molecule has 1 aromatic carbocycles. The van der Waals surface area contributed by atoms with E-state index in [1.807, 2.05) is 0 Å². The SMILES string of the molecule is NC(=O)[C@H]1CN(CCOc2cc(Cl)cc(Cl)c2)CCO1. The Morgan fingerprint density at radius 3 is 2.75 bits per heavy atom. The van der Waals surface area contributed by atoms with Crippen LogP contribution >= 0.6 is 23.2 Å². The number of primary amides is 1. The Morgan fingerprint density at radius 2 is 2.10 bits per heavy atom. The zero-order valence-electron chi connectivity index (χ0n) is 10.9. The van der Waals surface area contributed by atoms with Crippen molar-refractivity contribution >= 4 is 29.1 Å². The fraction of sp³-hybridized carbons (Fsp3) is 0.462. The topological polar surface area (TPSA) is 64.8 Å². The lowest BCUT2D eigenvalue weighted by Gasteiger charge is -2.31. The maximum Gasteiger partial charge on any atom is 0.247 e. The minimum absolute atomic E-state index is 0.433. The number of halogens is 2. The molecule has 20 heavy (non-hydrogen) atoms. The van der Waals surface area contributed by atoms with Gasteiger partial charge in [0.05, 0.1) is 6.61 Å². The summed E-state index contributed by atoms with van der Waals surface area (Å²) in [5.74, 6) is 0.194. The first-order valence-corrected chi connectivity index (χ1v) is 7.02. The Kier molecular flexibility index (Phi) is 5.48. The standard InChI is InChI=1S/C13H16Cl2N2O3/c14-9-5-10(15)7-11(6-9)19-3-1-17-2-4-20-12(8-17)13(16)18/h5-7,12H,1-4,8H2,(H2,16,18)/t12-/m1/s1. The smallest absolute Gasteiger partial charge is 0.247 e. The van der Waals surface area contributed by atoms with E-state index in [1.54, 1.807) is 18.2 Å². The number of morpholine rings is 1. The fourth-order valence-corrected chi connectivity index (χ4v) is 2.49. The third kappa shape index (κ3) is 4.52. The first-order chi connectivity index (χ1) is 9.54. The minimum atomic E-state index is -0.538. The molecule has 1 aliphatic rings. The molecule has 110 valence electrons. The lowest BCUT2D eigenvalue weighted by molar-refractivity contribution is -0.135. The highest BCUT2D eigenvalue weighted by Crippen LogP contribution is 2.24. The van der Waals surface area contributed by atoms with Crippen molar-refractivity contribution in [3.63, 3.8) is 0 Å². The van der Waals surface area contributed by atoms with Gasteiger partial charge in [0.1, 0.15) is 18.5 Å². The molecule has 0 bridgehead atoms. The molecule has 7 heteroatoms. The van der Waals surface area contributed by atoms with Gasteiger partial charge >= 0.3 is 0 Å². The van der Waals surface area contributed by atoms with Gasteiger partial charge in [-0.2, -0.15) is 0 Å². The highest BCUT2D eigenvalue weighted by molar-refractivity contribution is 6.34. The number of nitrogens with zero attached hydrogens (tertiary/aromatic N) is 1. The van der Waals surface area contributed by atoms with Crippen LogP contribution in [0, 0.1) is 0 Å². The summed E-state index contributed by atoms with van der Waals surface area (Å²) >= 11 is 11.8. The molecule has 0 saturated carbocycles. The quantitative estimate of drug-likeness (QED) is 0.894. The van der Waals surface area contributed by atoms with Gasteiger partial charge in [-0.15, -0.1) is 0 Å². The molecule has 1 heterocycles. The number of ether oxygens (including phenoxy) is 2. The van der Waals surface area contributed by atoms with Crippen LogP contribution in [-0.4, -0.2) is 49.8 Å². The van der Waals surface area contributed by atoms with E-state index in [2.05, 4.69) is 4.90 Å². The van der Waals surface area contributed by atoms with Gasteiger partial charge in [-0.25, -0.2) is 0 Å². The molecule has 2 N–H and O–H groups in total. The van der Waals surface area contributed by atoms with Crippen molar-refractivity contribution in [2.45, 2.75) is 6.10 Å². The van der Waals surface area contributed by atoms with Crippen molar-refractivity contribution < 1.29 is 14.3 Å². The van der Waals surface area contributed by atoms with Crippen molar-refractivity contribution in [3.05, 3.63) is 28.2 Å². The second-order valence-electron chi connectivity index (χ2n) is 4.52. The Balaban J connectivity index is 1.79. The molecule has 1 saturated heterocycles. The summed E-state index contributed by atoms with van der Waals surface area (Å²) in [6.45, 7) is 2.90. The van der Waals surface area contributed by atoms with Gasteiger partial charge in [0.25, 0.3) is 0 Å². The molecule has 0 unspecified atom stereocenters. The Labute approximate surface area is 127 Å². The second-order valence-corrected chi connectivity index (χ2v) is 5.39. The summed E-state index contributed by atoms with van der Waals surface area (Å²) in [5.41, 5.74) is 5.23. The molecule has 0 aromatic heterocycles. The molecule has 0 radical (unpaired) electrons. The van der Waals surface area contributed by atoms with E-state index < -0.39 is 12.0 Å². The van der Waals surface area contributed by atoms with Crippen molar-refractivity contribution in [1.29, 1.82) is 0 Å². The van der Waals surface area contributed by atoms with Crippen LogP contribution in [0.3, 0.4) is 0 Å². The number of carbonyl (C=O) groups excluding carboxylic acids is 1. The lowest BCUT2D eigenvalue weighted by atomic mass is 10.2. The molecule has 1 aromatic rings. The van der Waals surface area contributed by atoms with Gasteiger partial charge in [-0.3, -0.25) is 9.69 Å². The van der Waals surface area contributed by atoms with Gasteiger partial charge in [0, 0.05) is 29.7 Å². The van der Waals surface area contributed by atoms with Crippen molar-refractivity contribution in [2.24, 2.45) is 5.73 Å². The largest absolute Gasteiger partial charge is 0.492 e. The van der Waals surface area contributed by atoms with E-state index in [0.717, 1.165) is 6.54 Å². The number of hydrogen-bond donors (Lipinski definition) is 1. The van der Waals surface area contributed by atoms with E-state index >= 15 is 0 Å². The van der Waals surface area contributed by atoms with Crippen LogP contribution in [0.1, 0.15) is 0 Å². The number of carbonyl (C=O) groups is 1. The number of hydrogen-bond acceptors (Lipinski definition) is 4.